The van der Waals surface area contributed by atoms with Crippen LogP contribution in [0.5, 0.6) is 0 Å². The lowest BCUT2D eigenvalue weighted by Gasteiger charge is -2.32. The minimum absolute atomic E-state index is 0.0756. The Bertz CT molecular complexity index is 685. The lowest BCUT2D eigenvalue weighted by molar-refractivity contribution is -0.126. The predicted octanol–water partition coefficient (Wildman–Crippen LogP) is 1.60. The molecule has 2 N–H and O–H groups in total. The third-order valence-corrected chi connectivity index (χ3v) is 4.38. The molecule has 0 radical (unpaired) electrons. The molecule has 1 aliphatic heterocycles. The van der Waals surface area contributed by atoms with E-state index in [9.17, 15) is 4.79 Å². The Balaban J connectivity index is 1.84. The summed E-state index contributed by atoms with van der Waals surface area (Å²) in [5, 5.41) is 11.6. The van der Waals surface area contributed by atoms with Gasteiger partial charge in [-0.3, -0.25) is 9.48 Å². The summed E-state index contributed by atoms with van der Waals surface area (Å²) in [5.41, 5.74) is 2.19. The van der Waals surface area contributed by atoms with Crippen molar-refractivity contribution >= 4 is 22.6 Å². The largest absolute Gasteiger partial charge is 0.324 e. The third-order valence-electron chi connectivity index (χ3n) is 4.38. The number of hydrogen-bond acceptors (Lipinski definition) is 4. The molecule has 1 saturated heterocycles. The van der Waals surface area contributed by atoms with Gasteiger partial charge in [-0.2, -0.15) is 5.10 Å². The molecule has 1 amide bonds. The zero-order chi connectivity index (χ0) is 15.0. The van der Waals surface area contributed by atoms with E-state index in [-0.39, 0.29) is 11.3 Å². The number of piperidine rings is 1. The molecular weight excluding hydrogens is 266 g/mol. The fourth-order valence-electron chi connectivity index (χ4n) is 2.86. The number of nitrogens with zero attached hydrogens (tertiary/aromatic N) is 3. The molecule has 0 saturated carbocycles. The van der Waals surface area contributed by atoms with Crippen molar-refractivity contribution in [2.75, 3.05) is 18.4 Å². The van der Waals surface area contributed by atoms with E-state index in [1.165, 1.54) is 0 Å². The van der Waals surface area contributed by atoms with Gasteiger partial charge in [0.15, 0.2) is 5.65 Å². The first-order valence-electron chi connectivity index (χ1n) is 7.31. The van der Waals surface area contributed by atoms with Gasteiger partial charge in [0.25, 0.3) is 0 Å². The highest BCUT2D eigenvalue weighted by Crippen LogP contribution is 2.30. The van der Waals surface area contributed by atoms with Crippen molar-refractivity contribution in [3.8, 4) is 0 Å². The smallest absolute Gasteiger partial charge is 0.230 e. The zero-order valence-corrected chi connectivity index (χ0v) is 12.7. The van der Waals surface area contributed by atoms with E-state index in [1.807, 2.05) is 27.0 Å². The number of pyridine rings is 1. The van der Waals surface area contributed by atoms with Gasteiger partial charge < -0.3 is 10.6 Å². The summed E-state index contributed by atoms with van der Waals surface area (Å²) in [6, 6.07) is 1.95. The van der Waals surface area contributed by atoms with Crippen LogP contribution in [0.25, 0.3) is 11.0 Å². The highest BCUT2D eigenvalue weighted by molar-refractivity contribution is 5.96. The molecule has 3 heterocycles. The fourth-order valence-corrected chi connectivity index (χ4v) is 2.86. The number of fused-ring (bicyclic) bond motifs is 1. The summed E-state index contributed by atoms with van der Waals surface area (Å²) in [7, 11) is 1.87. The van der Waals surface area contributed by atoms with Gasteiger partial charge in [0.05, 0.1) is 17.6 Å². The molecule has 1 aliphatic rings. The maximum absolute atomic E-state index is 12.5. The van der Waals surface area contributed by atoms with Gasteiger partial charge in [-0.15, -0.1) is 0 Å². The van der Waals surface area contributed by atoms with E-state index in [0.717, 1.165) is 48.3 Å². The number of anilines is 1. The maximum Gasteiger partial charge on any atom is 0.230 e. The van der Waals surface area contributed by atoms with Crippen molar-refractivity contribution in [1.82, 2.24) is 20.1 Å². The monoisotopic (exact) mass is 287 g/mol. The molecule has 3 rings (SSSR count). The average Bonchev–Trinajstić information content (AvgIpc) is 2.74. The van der Waals surface area contributed by atoms with Crippen LogP contribution < -0.4 is 10.6 Å². The van der Waals surface area contributed by atoms with E-state index < -0.39 is 0 Å². The Hall–Kier alpha value is -1.95. The van der Waals surface area contributed by atoms with E-state index in [2.05, 4.69) is 20.7 Å². The summed E-state index contributed by atoms with van der Waals surface area (Å²) in [5.74, 6) is 0.0756. The molecule has 0 aromatic carbocycles. The second kappa shape index (κ2) is 5.11. The van der Waals surface area contributed by atoms with Crippen LogP contribution in [0.1, 0.15) is 25.5 Å². The second-order valence-electron chi connectivity index (χ2n) is 6.07. The SMILES string of the molecule is Cc1nn(C)c2ncc(NC(=O)C3(C)CCNCC3)cc12. The van der Waals surface area contributed by atoms with Crippen LogP contribution in [-0.4, -0.2) is 33.8 Å². The van der Waals surface area contributed by atoms with Crippen molar-refractivity contribution in [3.05, 3.63) is 18.0 Å². The lowest BCUT2D eigenvalue weighted by Crippen LogP contribution is -2.42. The molecule has 6 heteroatoms. The molecular formula is C15H21N5O. The Morgan fingerprint density at radius 1 is 1.43 bits per heavy atom. The predicted molar refractivity (Wildman–Crippen MR) is 82.1 cm³/mol. The molecule has 112 valence electrons. The number of hydrogen-bond donors (Lipinski definition) is 2. The van der Waals surface area contributed by atoms with E-state index >= 15 is 0 Å². The molecule has 21 heavy (non-hydrogen) atoms. The van der Waals surface area contributed by atoms with Gasteiger partial charge >= 0.3 is 0 Å². The summed E-state index contributed by atoms with van der Waals surface area (Å²) in [4.78, 5) is 16.9. The molecule has 0 bridgehead atoms. The average molecular weight is 287 g/mol. The summed E-state index contributed by atoms with van der Waals surface area (Å²) < 4.78 is 1.75. The Morgan fingerprint density at radius 2 is 2.14 bits per heavy atom. The van der Waals surface area contributed by atoms with Crippen LogP contribution in [0.15, 0.2) is 12.3 Å². The van der Waals surface area contributed by atoms with E-state index in [1.54, 1.807) is 10.9 Å². The molecule has 2 aromatic rings. The fraction of sp³-hybridized carbons (Fsp3) is 0.533. The van der Waals surface area contributed by atoms with E-state index in [4.69, 9.17) is 0 Å². The Morgan fingerprint density at radius 3 is 2.86 bits per heavy atom. The second-order valence-corrected chi connectivity index (χ2v) is 6.07. The van der Waals surface area contributed by atoms with Crippen LogP contribution in [0, 0.1) is 12.3 Å². The number of carbonyl (C=O) groups excluding carboxylic acids is 1. The molecule has 0 aliphatic carbocycles. The minimum atomic E-state index is -0.301. The maximum atomic E-state index is 12.5. The highest BCUT2D eigenvalue weighted by atomic mass is 16.2. The van der Waals surface area contributed by atoms with Crippen LogP contribution in [0.3, 0.4) is 0 Å². The van der Waals surface area contributed by atoms with Crippen molar-refractivity contribution < 1.29 is 4.79 Å². The topological polar surface area (TPSA) is 71.8 Å². The number of aromatic nitrogens is 3. The summed E-state index contributed by atoms with van der Waals surface area (Å²) in [6.45, 7) is 5.76. The Labute approximate surface area is 123 Å². The zero-order valence-electron chi connectivity index (χ0n) is 12.7. The minimum Gasteiger partial charge on any atom is -0.324 e. The van der Waals surface area contributed by atoms with Crippen LogP contribution >= 0.6 is 0 Å². The van der Waals surface area contributed by atoms with Gasteiger partial charge in [0.2, 0.25) is 5.91 Å². The van der Waals surface area contributed by atoms with Gasteiger partial charge in [-0.05, 0) is 38.9 Å². The van der Waals surface area contributed by atoms with Gasteiger partial charge in [0.1, 0.15) is 0 Å². The molecule has 0 spiro atoms. The molecule has 0 unspecified atom stereocenters. The first kappa shape index (κ1) is 14.0. The van der Waals surface area contributed by atoms with Gasteiger partial charge in [-0.1, -0.05) is 6.92 Å². The van der Waals surface area contributed by atoms with Gasteiger partial charge in [0, 0.05) is 17.8 Å². The first-order valence-corrected chi connectivity index (χ1v) is 7.31. The van der Waals surface area contributed by atoms with Crippen LogP contribution in [-0.2, 0) is 11.8 Å². The van der Waals surface area contributed by atoms with Crippen molar-refractivity contribution in [2.45, 2.75) is 26.7 Å². The number of aryl methyl sites for hydroxylation is 2. The van der Waals surface area contributed by atoms with Gasteiger partial charge in [-0.25, -0.2) is 4.98 Å². The normalized spacial score (nSPS) is 17.9. The van der Waals surface area contributed by atoms with Crippen molar-refractivity contribution in [2.24, 2.45) is 12.5 Å². The van der Waals surface area contributed by atoms with Crippen LogP contribution in [0.2, 0.25) is 0 Å². The first-order chi connectivity index (χ1) is 9.99. The molecule has 0 atom stereocenters. The Kier molecular flexibility index (Phi) is 3.41. The summed E-state index contributed by atoms with van der Waals surface area (Å²) in [6.07, 6.45) is 3.42. The van der Waals surface area contributed by atoms with E-state index in [0.29, 0.717) is 0 Å². The van der Waals surface area contributed by atoms with Crippen molar-refractivity contribution in [1.29, 1.82) is 0 Å². The third kappa shape index (κ3) is 2.51. The van der Waals surface area contributed by atoms with Crippen LogP contribution in [0.4, 0.5) is 5.69 Å². The number of rotatable bonds is 2. The molecule has 6 nitrogen and oxygen atoms in total. The quantitative estimate of drug-likeness (QED) is 0.880. The number of carbonyl (C=O) groups is 1. The number of amides is 1. The number of nitrogens with one attached hydrogen (secondary N) is 2. The molecule has 2 aromatic heterocycles. The van der Waals surface area contributed by atoms with Crippen molar-refractivity contribution in [3.63, 3.8) is 0 Å². The standard InChI is InChI=1S/C15H21N5O/c1-10-12-8-11(9-17-13(12)20(3)19-10)18-14(21)15(2)4-6-16-7-5-15/h8-9,16H,4-7H2,1-3H3,(H,18,21). The lowest BCUT2D eigenvalue weighted by atomic mass is 9.80. The molecule has 1 fully saturated rings. The summed E-state index contributed by atoms with van der Waals surface area (Å²) >= 11 is 0. The highest BCUT2D eigenvalue weighted by Gasteiger charge is 2.34.